The lowest BCUT2D eigenvalue weighted by Crippen LogP contribution is -1.90. The Labute approximate surface area is 168 Å². The molecule has 0 saturated heterocycles. The molecule has 2 aromatic carbocycles. The molecule has 0 radical (unpaired) electrons. The Morgan fingerprint density at radius 2 is 1.86 bits per heavy atom. The topological polar surface area (TPSA) is 85.8 Å². The van der Waals surface area contributed by atoms with Gasteiger partial charge in [-0.05, 0) is 47.9 Å². The highest BCUT2D eigenvalue weighted by Gasteiger charge is 2.15. The summed E-state index contributed by atoms with van der Waals surface area (Å²) in [5.41, 5.74) is 1.30. The minimum absolute atomic E-state index is 0.338. The molecule has 0 aliphatic heterocycles. The van der Waals surface area contributed by atoms with E-state index in [0.717, 1.165) is 0 Å². The lowest BCUT2D eigenvalue weighted by molar-refractivity contribution is 0.462. The summed E-state index contributed by atoms with van der Waals surface area (Å²) in [6.45, 7) is 0. The third-order valence-corrected chi connectivity index (χ3v) is 4.67. The number of ether oxygens (including phenoxy) is 2. The number of hydrogen-bond acceptors (Lipinski definition) is 7. The summed E-state index contributed by atoms with van der Waals surface area (Å²) >= 11 is 1.23. The van der Waals surface area contributed by atoms with E-state index in [2.05, 4.69) is 24.3 Å². The molecule has 0 amide bonds. The van der Waals surface area contributed by atoms with Crippen molar-refractivity contribution in [2.75, 3.05) is 0 Å². The quantitative estimate of drug-likeness (QED) is 0.433. The predicted molar refractivity (Wildman–Crippen MR) is 106 cm³/mol. The highest BCUT2D eigenvalue weighted by Crippen LogP contribution is 2.36. The normalized spacial score (nSPS) is 10.9. The van der Waals surface area contributed by atoms with Crippen molar-refractivity contribution < 1.29 is 13.9 Å². The Bertz CT molecular complexity index is 1260. The minimum atomic E-state index is -0.338. The molecular formula is C20H12FN5O2S. The van der Waals surface area contributed by atoms with Crippen LogP contribution in [0.5, 0.6) is 23.0 Å². The summed E-state index contributed by atoms with van der Waals surface area (Å²) in [6, 6.07) is 12.9. The molecule has 0 aliphatic carbocycles. The van der Waals surface area contributed by atoms with Gasteiger partial charge in [-0.25, -0.2) is 14.4 Å². The summed E-state index contributed by atoms with van der Waals surface area (Å²) in [5, 5.41) is 0.656. The highest BCUT2D eigenvalue weighted by atomic mass is 32.1. The molecule has 0 unspecified atom stereocenters. The summed E-state index contributed by atoms with van der Waals surface area (Å²) in [4.78, 5) is 16.1. The molecule has 5 aromatic rings. The molecule has 9 heteroatoms. The number of hydrogen-bond donors (Lipinski definition) is 1. The van der Waals surface area contributed by atoms with E-state index in [1.807, 2.05) is 6.07 Å². The van der Waals surface area contributed by atoms with Crippen molar-refractivity contribution in [1.29, 1.82) is 0 Å². The zero-order valence-electron chi connectivity index (χ0n) is 14.7. The number of aromatic amines is 1. The molecule has 3 heterocycles. The lowest BCUT2D eigenvalue weighted by atomic mass is 10.2. The Kier molecular flexibility index (Phi) is 4.34. The Morgan fingerprint density at radius 3 is 2.62 bits per heavy atom. The van der Waals surface area contributed by atoms with E-state index >= 15 is 0 Å². The second-order valence-electron chi connectivity index (χ2n) is 6.00. The molecular weight excluding hydrogens is 393 g/mol. The number of nitrogens with one attached hydrogen (secondary N) is 1. The Balaban J connectivity index is 1.59. The fraction of sp³-hybridized carbons (Fsp3) is 0. The van der Waals surface area contributed by atoms with E-state index < -0.39 is 0 Å². The summed E-state index contributed by atoms with van der Waals surface area (Å²) < 4.78 is 29.1. The van der Waals surface area contributed by atoms with Crippen LogP contribution in [-0.2, 0) is 0 Å². The molecule has 29 heavy (non-hydrogen) atoms. The highest BCUT2D eigenvalue weighted by molar-refractivity contribution is 7.08. The zero-order valence-corrected chi connectivity index (χ0v) is 15.6. The van der Waals surface area contributed by atoms with Gasteiger partial charge in [0, 0.05) is 18.3 Å². The predicted octanol–water partition coefficient (Wildman–Crippen LogP) is 5.20. The first-order valence-corrected chi connectivity index (χ1v) is 9.34. The SMILES string of the molecule is Fc1ccc(Oc2cc(Oc3cccnc3)cc3[nH]c(-c4ncns4)nc23)cc1. The number of rotatable bonds is 5. The third kappa shape index (κ3) is 3.63. The van der Waals surface area contributed by atoms with Crippen LogP contribution in [-0.4, -0.2) is 24.3 Å². The molecule has 5 rings (SSSR count). The van der Waals surface area contributed by atoms with Gasteiger partial charge in [0.15, 0.2) is 16.6 Å². The van der Waals surface area contributed by atoms with Crippen molar-refractivity contribution in [3.05, 3.63) is 73.1 Å². The molecule has 0 aliphatic rings. The summed E-state index contributed by atoms with van der Waals surface area (Å²) in [7, 11) is 0. The van der Waals surface area contributed by atoms with Crippen molar-refractivity contribution in [3.8, 4) is 33.8 Å². The van der Waals surface area contributed by atoms with Crippen LogP contribution in [0.25, 0.3) is 21.9 Å². The molecule has 0 atom stereocenters. The number of halogens is 1. The fourth-order valence-corrected chi connectivity index (χ4v) is 3.22. The average Bonchev–Trinajstić information content (AvgIpc) is 3.40. The molecule has 0 spiro atoms. The van der Waals surface area contributed by atoms with Gasteiger partial charge in [-0.2, -0.15) is 4.37 Å². The van der Waals surface area contributed by atoms with Crippen LogP contribution in [0.2, 0.25) is 0 Å². The van der Waals surface area contributed by atoms with E-state index in [1.165, 1.54) is 30.0 Å². The maximum Gasteiger partial charge on any atom is 0.179 e. The van der Waals surface area contributed by atoms with Crippen LogP contribution in [0.1, 0.15) is 0 Å². The fourth-order valence-electron chi connectivity index (χ4n) is 2.75. The van der Waals surface area contributed by atoms with E-state index in [9.17, 15) is 4.39 Å². The molecule has 0 bridgehead atoms. The number of benzene rings is 2. The molecule has 142 valence electrons. The van der Waals surface area contributed by atoms with Gasteiger partial charge < -0.3 is 14.5 Å². The number of fused-ring (bicyclic) bond motifs is 1. The molecule has 3 aromatic heterocycles. The van der Waals surface area contributed by atoms with Gasteiger partial charge in [0.2, 0.25) is 0 Å². The van der Waals surface area contributed by atoms with Crippen molar-refractivity contribution in [3.63, 3.8) is 0 Å². The first-order valence-electron chi connectivity index (χ1n) is 8.57. The second-order valence-corrected chi connectivity index (χ2v) is 6.78. The van der Waals surface area contributed by atoms with Crippen molar-refractivity contribution in [1.82, 2.24) is 24.3 Å². The zero-order chi connectivity index (χ0) is 19.6. The van der Waals surface area contributed by atoms with Crippen LogP contribution < -0.4 is 9.47 Å². The van der Waals surface area contributed by atoms with E-state index in [0.29, 0.717) is 44.9 Å². The molecule has 7 nitrogen and oxygen atoms in total. The van der Waals surface area contributed by atoms with E-state index in [4.69, 9.17) is 9.47 Å². The number of H-pyrrole nitrogens is 1. The maximum absolute atomic E-state index is 13.2. The first kappa shape index (κ1) is 17.3. The number of imidazole rings is 1. The van der Waals surface area contributed by atoms with Crippen LogP contribution in [0.15, 0.2) is 67.3 Å². The Hall–Kier alpha value is -3.85. The first-order chi connectivity index (χ1) is 14.2. The van der Waals surface area contributed by atoms with Crippen LogP contribution in [0.4, 0.5) is 4.39 Å². The van der Waals surface area contributed by atoms with Crippen LogP contribution in [0.3, 0.4) is 0 Å². The Morgan fingerprint density at radius 1 is 0.966 bits per heavy atom. The van der Waals surface area contributed by atoms with Crippen LogP contribution in [0, 0.1) is 5.82 Å². The number of aromatic nitrogens is 5. The van der Waals surface area contributed by atoms with E-state index in [1.54, 1.807) is 42.7 Å². The van der Waals surface area contributed by atoms with Crippen molar-refractivity contribution in [2.24, 2.45) is 0 Å². The van der Waals surface area contributed by atoms with Crippen molar-refractivity contribution >= 4 is 22.6 Å². The van der Waals surface area contributed by atoms with Crippen molar-refractivity contribution in [2.45, 2.75) is 0 Å². The number of nitrogens with zero attached hydrogens (tertiary/aromatic N) is 4. The maximum atomic E-state index is 13.2. The van der Waals surface area contributed by atoms with Gasteiger partial charge in [-0.3, -0.25) is 4.98 Å². The van der Waals surface area contributed by atoms with Gasteiger partial charge in [0.05, 0.1) is 11.7 Å². The molecule has 0 saturated carbocycles. The van der Waals surface area contributed by atoms with E-state index in [-0.39, 0.29) is 5.82 Å². The van der Waals surface area contributed by atoms with Gasteiger partial charge in [0.1, 0.15) is 34.9 Å². The lowest BCUT2D eigenvalue weighted by Gasteiger charge is -2.10. The minimum Gasteiger partial charge on any atom is -0.456 e. The number of pyridine rings is 1. The summed E-state index contributed by atoms with van der Waals surface area (Å²) in [6.07, 6.45) is 4.76. The van der Waals surface area contributed by atoms with Crippen LogP contribution >= 0.6 is 11.5 Å². The summed E-state index contributed by atoms with van der Waals surface area (Å²) in [5.74, 6) is 2.30. The van der Waals surface area contributed by atoms with Gasteiger partial charge in [-0.1, -0.05) is 0 Å². The molecule has 1 N–H and O–H groups in total. The second kappa shape index (κ2) is 7.28. The standard InChI is InChI=1S/C20H12FN5O2S/c21-12-3-5-13(6-4-12)28-17-9-15(27-14-2-1-7-22-10-14)8-16-18(17)26-19(25-16)20-23-11-24-29-20/h1-11H,(H,25,26). The van der Waals surface area contributed by atoms with Gasteiger partial charge in [-0.15, -0.1) is 0 Å². The third-order valence-electron chi connectivity index (χ3n) is 4.00. The monoisotopic (exact) mass is 405 g/mol. The van der Waals surface area contributed by atoms with Gasteiger partial charge in [0.25, 0.3) is 0 Å². The molecule has 0 fully saturated rings. The largest absolute Gasteiger partial charge is 0.456 e. The van der Waals surface area contributed by atoms with Gasteiger partial charge >= 0.3 is 0 Å². The average molecular weight is 405 g/mol. The smallest absolute Gasteiger partial charge is 0.179 e.